The van der Waals surface area contributed by atoms with Crippen LogP contribution in [0.25, 0.3) is 10.9 Å². The summed E-state index contributed by atoms with van der Waals surface area (Å²) in [5.41, 5.74) is 0.461. The smallest absolute Gasteiger partial charge is 0.344 e. The topological polar surface area (TPSA) is 70.4 Å². The molecule has 0 aliphatic rings. The number of benzene rings is 2. The van der Waals surface area contributed by atoms with Crippen LogP contribution in [0.3, 0.4) is 0 Å². The Morgan fingerprint density at radius 2 is 1.88 bits per heavy atom. The van der Waals surface area contributed by atoms with Gasteiger partial charge < -0.3 is 9.47 Å². The van der Waals surface area contributed by atoms with Crippen LogP contribution in [0.2, 0.25) is 0 Å². The van der Waals surface area contributed by atoms with E-state index in [2.05, 4.69) is 4.98 Å². The molecule has 0 saturated heterocycles. The summed E-state index contributed by atoms with van der Waals surface area (Å²) < 4.78 is 24.6. The second-order valence-corrected chi connectivity index (χ2v) is 5.60. The number of fused-ring (bicyclic) bond motifs is 1. The SMILES string of the molecule is Cc1nc2ccccc2c(=O)n1CCOC(=O)COc1ccc(F)cc1. The number of carbonyl (C=O) groups excluding carboxylic acids is 1. The summed E-state index contributed by atoms with van der Waals surface area (Å²) in [7, 11) is 0. The van der Waals surface area contributed by atoms with Crippen LogP contribution >= 0.6 is 0 Å². The normalized spacial score (nSPS) is 10.7. The van der Waals surface area contributed by atoms with Gasteiger partial charge in [-0.2, -0.15) is 0 Å². The second-order valence-electron chi connectivity index (χ2n) is 5.60. The number of para-hydroxylation sites is 1. The Morgan fingerprint density at radius 3 is 2.65 bits per heavy atom. The van der Waals surface area contributed by atoms with Crippen molar-refractivity contribution in [3.05, 3.63) is 70.5 Å². The Balaban J connectivity index is 1.56. The van der Waals surface area contributed by atoms with Gasteiger partial charge in [0.25, 0.3) is 5.56 Å². The number of hydrogen-bond acceptors (Lipinski definition) is 5. The summed E-state index contributed by atoms with van der Waals surface area (Å²) in [6.07, 6.45) is 0. The molecule has 0 unspecified atom stereocenters. The highest BCUT2D eigenvalue weighted by atomic mass is 19.1. The molecule has 0 spiro atoms. The molecule has 0 bridgehead atoms. The zero-order valence-corrected chi connectivity index (χ0v) is 14.1. The quantitative estimate of drug-likeness (QED) is 0.635. The molecule has 0 aliphatic heterocycles. The summed E-state index contributed by atoms with van der Waals surface area (Å²) in [4.78, 5) is 28.6. The van der Waals surface area contributed by atoms with E-state index in [4.69, 9.17) is 9.47 Å². The summed E-state index contributed by atoms with van der Waals surface area (Å²) in [6.45, 7) is 1.65. The van der Waals surface area contributed by atoms with Gasteiger partial charge in [0.15, 0.2) is 6.61 Å². The maximum atomic E-state index is 12.8. The van der Waals surface area contributed by atoms with Gasteiger partial charge in [-0.25, -0.2) is 14.2 Å². The molecule has 0 radical (unpaired) electrons. The minimum atomic E-state index is -0.575. The molecule has 0 aliphatic carbocycles. The van der Waals surface area contributed by atoms with Crippen molar-refractivity contribution in [3.8, 4) is 5.75 Å². The number of aromatic nitrogens is 2. The molecular weight excluding hydrogens is 339 g/mol. The average molecular weight is 356 g/mol. The van der Waals surface area contributed by atoms with E-state index >= 15 is 0 Å². The first kappa shape index (κ1) is 17.6. The molecule has 7 heteroatoms. The van der Waals surface area contributed by atoms with Crippen molar-refractivity contribution >= 4 is 16.9 Å². The first-order valence-electron chi connectivity index (χ1n) is 8.05. The predicted molar refractivity (Wildman–Crippen MR) is 93.6 cm³/mol. The largest absolute Gasteiger partial charge is 0.482 e. The minimum Gasteiger partial charge on any atom is -0.482 e. The van der Waals surface area contributed by atoms with E-state index in [0.29, 0.717) is 22.5 Å². The van der Waals surface area contributed by atoms with Gasteiger partial charge in [0.05, 0.1) is 17.4 Å². The first-order chi connectivity index (χ1) is 12.5. The van der Waals surface area contributed by atoms with Crippen molar-refractivity contribution in [2.45, 2.75) is 13.5 Å². The Labute approximate surface area is 148 Å². The molecule has 26 heavy (non-hydrogen) atoms. The van der Waals surface area contributed by atoms with Gasteiger partial charge in [-0.05, 0) is 43.3 Å². The number of esters is 1. The van der Waals surface area contributed by atoms with Crippen molar-refractivity contribution in [2.24, 2.45) is 0 Å². The Morgan fingerprint density at radius 1 is 1.15 bits per heavy atom. The first-order valence-corrected chi connectivity index (χ1v) is 8.05. The number of rotatable bonds is 6. The summed E-state index contributed by atoms with van der Waals surface area (Å²) >= 11 is 0. The fourth-order valence-electron chi connectivity index (χ4n) is 2.51. The van der Waals surface area contributed by atoms with Crippen LogP contribution in [0.4, 0.5) is 4.39 Å². The molecule has 6 nitrogen and oxygen atoms in total. The van der Waals surface area contributed by atoms with Gasteiger partial charge in [-0.1, -0.05) is 12.1 Å². The van der Waals surface area contributed by atoms with Gasteiger partial charge in [0.1, 0.15) is 24.0 Å². The Hall–Kier alpha value is -3.22. The minimum absolute atomic E-state index is 0.0202. The molecule has 0 fully saturated rings. The van der Waals surface area contributed by atoms with E-state index in [-0.39, 0.29) is 31.1 Å². The van der Waals surface area contributed by atoms with Crippen LogP contribution in [0.1, 0.15) is 5.82 Å². The molecule has 0 amide bonds. The highest BCUT2D eigenvalue weighted by Gasteiger charge is 2.09. The van der Waals surface area contributed by atoms with Crippen LogP contribution < -0.4 is 10.3 Å². The van der Waals surface area contributed by atoms with Gasteiger partial charge in [0, 0.05) is 0 Å². The lowest BCUT2D eigenvalue weighted by Crippen LogP contribution is -2.27. The second kappa shape index (κ2) is 7.77. The van der Waals surface area contributed by atoms with E-state index in [1.165, 1.54) is 28.8 Å². The van der Waals surface area contributed by atoms with Crippen LogP contribution in [0.15, 0.2) is 53.3 Å². The van der Waals surface area contributed by atoms with Crippen molar-refractivity contribution in [1.82, 2.24) is 9.55 Å². The zero-order valence-electron chi connectivity index (χ0n) is 14.1. The fraction of sp³-hybridized carbons (Fsp3) is 0.211. The third-order valence-electron chi connectivity index (χ3n) is 3.80. The number of hydrogen-bond donors (Lipinski definition) is 0. The van der Waals surface area contributed by atoms with Crippen molar-refractivity contribution in [2.75, 3.05) is 13.2 Å². The van der Waals surface area contributed by atoms with E-state index in [1.807, 2.05) is 6.07 Å². The molecule has 1 aromatic heterocycles. The van der Waals surface area contributed by atoms with E-state index in [9.17, 15) is 14.0 Å². The van der Waals surface area contributed by atoms with Crippen molar-refractivity contribution in [1.29, 1.82) is 0 Å². The molecule has 2 aromatic carbocycles. The average Bonchev–Trinajstić information content (AvgIpc) is 2.64. The summed E-state index contributed by atoms with van der Waals surface area (Å²) in [6, 6.07) is 12.4. The molecular formula is C19H17FN2O4. The number of nitrogens with zero attached hydrogens (tertiary/aromatic N) is 2. The molecule has 0 N–H and O–H groups in total. The summed E-state index contributed by atoms with van der Waals surface area (Å²) in [5, 5.41) is 0.518. The monoisotopic (exact) mass is 356 g/mol. The molecule has 3 rings (SSSR count). The lowest BCUT2D eigenvalue weighted by molar-refractivity contribution is -0.146. The molecule has 1 heterocycles. The van der Waals surface area contributed by atoms with Crippen molar-refractivity contribution in [3.63, 3.8) is 0 Å². The van der Waals surface area contributed by atoms with Crippen LogP contribution in [-0.2, 0) is 16.1 Å². The van der Waals surface area contributed by atoms with Gasteiger partial charge in [-0.15, -0.1) is 0 Å². The third-order valence-corrected chi connectivity index (χ3v) is 3.80. The predicted octanol–water partition coefficient (Wildman–Crippen LogP) is 2.47. The molecule has 3 aromatic rings. The van der Waals surface area contributed by atoms with E-state index < -0.39 is 5.97 Å². The van der Waals surface area contributed by atoms with Gasteiger partial charge >= 0.3 is 5.97 Å². The Kier molecular flexibility index (Phi) is 5.26. The lowest BCUT2D eigenvalue weighted by Gasteiger charge is -2.11. The number of ether oxygens (including phenoxy) is 2. The van der Waals surface area contributed by atoms with Crippen LogP contribution in [0.5, 0.6) is 5.75 Å². The van der Waals surface area contributed by atoms with E-state index in [0.717, 1.165) is 0 Å². The molecule has 0 saturated carbocycles. The zero-order chi connectivity index (χ0) is 18.5. The highest BCUT2D eigenvalue weighted by Crippen LogP contribution is 2.11. The summed E-state index contributed by atoms with van der Waals surface area (Å²) in [5.74, 6) is -0.0417. The van der Waals surface area contributed by atoms with Gasteiger partial charge in [0.2, 0.25) is 0 Å². The third kappa shape index (κ3) is 4.05. The number of aryl methyl sites for hydroxylation is 1. The van der Waals surface area contributed by atoms with Crippen LogP contribution in [-0.4, -0.2) is 28.7 Å². The highest BCUT2D eigenvalue weighted by molar-refractivity contribution is 5.77. The van der Waals surface area contributed by atoms with Crippen molar-refractivity contribution < 1.29 is 18.7 Å². The molecule has 134 valence electrons. The fourth-order valence-corrected chi connectivity index (χ4v) is 2.51. The van der Waals surface area contributed by atoms with Gasteiger partial charge in [-0.3, -0.25) is 9.36 Å². The van der Waals surface area contributed by atoms with Crippen LogP contribution in [0, 0.1) is 12.7 Å². The Bertz CT molecular complexity index is 983. The molecule has 0 atom stereocenters. The number of carbonyl (C=O) groups is 1. The number of halogens is 1. The standard InChI is InChI=1S/C19H17FN2O4/c1-13-21-17-5-3-2-4-16(17)19(24)22(13)10-11-25-18(23)12-26-15-8-6-14(20)7-9-15/h2-9H,10-12H2,1H3. The maximum absolute atomic E-state index is 12.8. The maximum Gasteiger partial charge on any atom is 0.344 e. The van der Waals surface area contributed by atoms with E-state index in [1.54, 1.807) is 25.1 Å². The lowest BCUT2D eigenvalue weighted by atomic mass is 10.2.